The standard InChI is InChI=1S/C15H21NO4/c1-3-20-11-6-5-9-16(10-11)15(18)12-7-4-8-13(19-2)14(12)17/h4,7-8,11,17H,3,5-6,9-10H2,1-2H3. The van der Waals surface area contributed by atoms with Crippen LogP contribution in [0, 0.1) is 0 Å². The lowest BCUT2D eigenvalue weighted by molar-refractivity contribution is 0.00712. The van der Waals surface area contributed by atoms with E-state index in [1.807, 2.05) is 6.92 Å². The topological polar surface area (TPSA) is 59.0 Å². The number of methoxy groups -OCH3 is 1. The lowest BCUT2D eigenvalue weighted by Gasteiger charge is -2.32. The Hall–Kier alpha value is -1.75. The molecule has 0 radical (unpaired) electrons. The molecule has 5 nitrogen and oxygen atoms in total. The first-order valence-corrected chi connectivity index (χ1v) is 6.94. The highest BCUT2D eigenvalue weighted by Crippen LogP contribution is 2.30. The Kier molecular flexibility index (Phi) is 4.84. The number of hydrogen-bond acceptors (Lipinski definition) is 4. The van der Waals surface area contributed by atoms with E-state index in [9.17, 15) is 9.90 Å². The molecule has 0 saturated carbocycles. The highest BCUT2D eigenvalue weighted by molar-refractivity contribution is 5.97. The first kappa shape index (κ1) is 14.7. The number of para-hydroxylation sites is 1. The van der Waals surface area contributed by atoms with E-state index in [4.69, 9.17) is 9.47 Å². The predicted octanol–water partition coefficient (Wildman–Crippen LogP) is 2.04. The molecule has 1 amide bonds. The number of carbonyl (C=O) groups is 1. The fourth-order valence-electron chi connectivity index (χ4n) is 2.52. The highest BCUT2D eigenvalue weighted by atomic mass is 16.5. The molecule has 1 aromatic carbocycles. The third-order valence-electron chi connectivity index (χ3n) is 3.52. The number of amides is 1. The van der Waals surface area contributed by atoms with Gasteiger partial charge in [0.2, 0.25) is 0 Å². The van der Waals surface area contributed by atoms with Gasteiger partial charge in [-0.15, -0.1) is 0 Å². The molecule has 1 saturated heterocycles. The molecule has 0 aromatic heterocycles. The summed E-state index contributed by atoms with van der Waals surface area (Å²) in [6, 6.07) is 4.95. The van der Waals surface area contributed by atoms with Crippen LogP contribution >= 0.6 is 0 Å². The zero-order chi connectivity index (χ0) is 14.5. The van der Waals surface area contributed by atoms with Crippen LogP contribution in [-0.2, 0) is 4.74 Å². The minimum absolute atomic E-state index is 0.0884. The molecule has 1 aromatic rings. The molecule has 5 heteroatoms. The summed E-state index contributed by atoms with van der Waals surface area (Å²) in [5.41, 5.74) is 0.279. The summed E-state index contributed by atoms with van der Waals surface area (Å²) in [6.07, 6.45) is 1.98. The maximum absolute atomic E-state index is 12.5. The van der Waals surface area contributed by atoms with E-state index >= 15 is 0 Å². The SMILES string of the molecule is CCOC1CCCN(C(=O)c2cccc(OC)c2O)C1. The smallest absolute Gasteiger partial charge is 0.257 e. The Labute approximate surface area is 119 Å². The molecule has 1 N–H and O–H groups in total. The van der Waals surface area contributed by atoms with E-state index in [1.165, 1.54) is 7.11 Å². The third-order valence-corrected chi connectivity index (χ3v) is 3.52. The Morgan fingerprint density at radius 2 is 2.30 bits per heavy atom. The Morgan fingerprint density at radius 1 is 1.50 bits per heavy atom. The fraction of sp³-hybridized carbons (Fsp3) is 0.533. The number of hydrogen-bond donors (Lipinski definition) is 1. The molecular formula is C15H21NO4. The lowest BCUT2D eigenvalue weighted by atomic mass is 10.1. The maximum atomic E-state index is 12.5. The molecule has 1 atom stereocenters. The molecule has 1 fully saturated rings. The summed E-state index contributed by atoms with van der Waals surface area (Å²) in [5.74, 6) is 0.0403. The van der Waals surface area contributed by atoms with Crippen molar-refractivity contribution in [1.29, 1.82) is 0 Å². The van der Waals surface area contributed by atoms with Gasteiger partial charge in [0.25, 0.3) is 5.91 Å². The van der Waals surface area contributed by atoms with Crippen molar-refractivity contribution >= 4 is 5.91 Å². The van der Waals surface area contributed by atoms with E-state index in [0.717, 1.165) is 12.8 Å². The van der Waals surface area contributed by atoms with Gasteiger partial charge in [0.1, 0.15) is 0 Å². The van der Waals surface area contributed by atoms with Crippen molar-refractivity contribution < 1.29 is 19.4 Å². The van der Waals surface area contributed by atoms with Gasteiger partial charge in [-0.25, -0.2) is 0 Å². The number of phenols is 1. The third kappa shape index (κ3) is 3.04. The zero-order valence-corrected chi connectivity index (χ0v) is 12.0. The molecule has 1 aliphatic rings. The second-order valence-electron chi connectivity index (χ2n) is 4.83. The number of ether oxygens (including phenoxy) is 2. The Balaban J connectivity index is 2.14. The van der Waals surface area contributed by atoms with Gasteiger partial charge in [0.15, 0.2) is 11.5 Å². The maximum Gasteiger partial charge on any atom is 0.257 e. The minimum Gasteiger partial charge on any atom is -0.504 e. The molecule has 20 heavy (non-hydrogen) atoms. The summed E-state index contributed by atoms with van der Waals surface area (Å²) in [5, 5.41) is 10.1. The van der Waals surface area contributed by atoms with E-state index in [-0.39, 0.29) is 23.3 Å². The number of likely N-dealkylation sites (tertiary alicyclic amines) is 1. The number of piperidine rings is 1. The van der Waals surface area contributed by atoms with E-state index < -0.39 is 0 Å². The summed E-state index contributed by atoms with van der Waals surface area (Å²) < 4.78 is 10.6. The van der Waals surface area contributed by atoms with Crippen molar-refractivity contribution in [3.05, 3.63) is 23.8 Å². The number of benzene rings is 1. The van der Waals surface area contributed by atoms with Crippen molar-refractivity contribution in [1.82, 2.24) is 4.90 Å². The fourth-order valence-corrected chi connectivity index (χ4v) is 2.52. The van der Waals surface area contributed by atoms with Gasteiger partial charge in [-0.2, -0.15) is 0 Å². The molecule has 2 rings (SSSR count). The molecular weight excluding hydrogens is 258 g/mol. The van der Waals surface area contributed by atoms with Crippen molar-refractivity contribution in [3.63, 3.8) is 0 Å². The Morgan fingerprint density at radius 3 is 3.00 bits per heavy atom. The van der Waals surface area contributed by atoms with E-state index in [2.05, 4.69) is 0 Å². The molecule has 110 valence electrons. The average Bonchev–Trinajstić information content (AvgIpc) is 2.47. The number of nitrogens with zero attached hydrogens (tertiary/aromatic N) is 1. The number of rotatable bonds is 4. The zero-order valence-electron chi connectivity index (χ0n) is 12.0. The monoisotopic (exact) mass is 279 g/mol. The van der Waals surface area contributed by atoms with Crippen LogP contribution in [0.25, 0.3) is 0 Å². The summed E-state index contributed by atoms with van der Waals surface area (Å²) in [6.45, 7) is 3.87. The van der Waals surface area contributed by atoms with Gasteiger partial charge in [0.05, 0.1) is 18.8 Å². The van der Waals surface area contributed by atoms with Crippen molar-refractivity contribution in [2.75, 3.05) is 26.8 Å². The lowest BCUT2D eigenvalue weighted by Crippen LogP contribution is -2.43. The first-order valence-electron chi connectivity index (χ1n) is 6.94. The molecule has 1 aliphatic heterocycles. The van der Waals surface area contributed by atoms with Crippen LogP contribution < -0.4 is 4.74 Å². The summed E-state index contributed by atoms with van der Waals surface area (Å²) in [4.78, 5) is 14.2. The number of carbonyl (C=O) groups excluding carboxylic acids is 1. The highest BCUT2D eigenvalue weighted by Gasteiger charge is 2.26. The summed E-state index contributed by atoms with van der Waals surface area (Å²) >= 11 is 0. The van der Waals surface area contributed by atoms with Crippen molar-refractivity contribution in [2.24, 2.45) is 0 Å². The number of phenolic OH excluding ortho intramolecular Hbond substituents is 1. The van der Waals surface area contributed by atoms with Crippen LogP contribution in [0.1, 0.15) is 30.1 Å². The quantitative estimate of drug-likeness (QED) is 0.916. The van der Waals surface area contributed by atoms with Crippen LogP contribution in [0.4, 0.5) is 0 Å². The second kappa shape index (κ2) is 6.61. The van der Waals surface area contributed by atoms with Gasteiger partial charge in [-0.05, 0) is 31.9 Å². The first-order chi connectivity index (χ1) is 9.67. The van der Waals surface area contributed by atoms with Crippen LogP contribution in [0.15, 0.2) is 18.2 Å². The molecule has 0 bridgehead atoms. The van der Waals surface area contributed by atoms with Crippen LogP contribution in [0.3, 0.4) is 0 Å². The van der Waals surface area contributed by atoms with Crippen molar-refractivity contribution in [3.8, 4) is 11.5 Å². The van der Waals surface area contributed by atoms with Gasteiger partial charge in [-0.3, -0.25) is 4.79 Å². The average molecular weight is 279 g/mol. The Bertz CT molecular complexity index is 473. The van der Waals surface area contributed by atoms with Gasteiger partial charge >= 0.3 is 0 Å². The summed E-state index contributed by atoms with van der Waals surface area (Å²) in [7, 11) is 1.47. The van der Waals surface area contributed by atoms with Gasteiger partial charge in [-0.1, -0.05) is 6.07 Å². The van der Waals surface area contributed by atoms with Crippen LogP contribution in [-0.4, -0.2) is 48.8 Å². The van der Waals surface area contributed by atoms with E-state index in [0.29, 0.717) is 25.4 Å². The van der Waals surface area contributed by atoms with Crippen LogP contribution in [0.5, 0.6) is 11.5 Å². The number of aromatic hydroxyl groups is 1. The second-order valence-corrected chi connectivity index (χ2v) is 4.83. The normalized spacial score (nSPS) is 18.9. The molecule has 0 spiro atoms. The molecule has 0 aliphatic carbocycles. The molecule has 1 heterocycles. The van der Waals surface area contributed by atoms with Crippen molar-refractivity contribution in [2.45, 2.75) is 25.9 Å². The largest absolute Gasteiger partial charge is 0.504 e. The van der Waals surface area contributed by atoms with E-state index in [1.54, 1.807) is 23.1 Å². The molecule has 1 unspecified atom stereocenters. The van der Waals surface area contributed by atoms with Gasteiger partial charge in [0, 0.05) is 19.7 Å². The van der Waals surface area contributed by atoms with Crippen LogP contribution in [0.2, 0.25) is 0 Å². The van der Waals surface area contributed by atoms with Gasteiger partial charge < -0.3 is 19.5 Å². The minimum atomic E-state index is -0.175. The predicted molar refractivity (Wildman–Crippen MR) is 75.2 cm³/mol.